The molecule has 1 saturated heterocycles. The maximum absolute atomic E-state index is 14.3. The van der Waals surface area contributed by atoms with E-state index in [9.17, 15) is 14.0 Å². The summed E-state index contributed by atoms with van der Waals surface area (Å²) in [6.45, 7) is 5.82. The van der Waals surface area contributed by atoms with Gasteiger partial charge in [0.2, 0.25) is 5.91 Å². The Bertz CT molecular complexity index is 814. The average molecular weight is 368 g/mol. The first-order valence-corrected chi connectivity index (χ1v) is 9.34. The average Bonchev–Trinajstić information content (AvgIpc) is 2.68. The van der Waals surface area contributed by atoms with Gasteiger partial charge in [0.15, 0.2) is 5.78 Å². The highest BCUT2D eigenvalue weighted by Crippen LogP contribution is 2.24. The first kappa shape index (κ1) is 19.1. The zero-order valence-electron chi connectivity index (χ0n) is 15.8. The molecule has 1 aliphatic heterocycles. The van der Waals surface area contributed by atoms with Crippen molar-refractivity contribution in [3.05, 3.63) is 65.5 Å². The fraction of sp³-hybridized carbons (Fsp3) is 0.364. The first-order valence-electron chi connectivity index (χ1n) is 9.34. The minimum atomic E-state index is -0.389. The molecule has 0 N–H and O–H groups in total. The minimum Gasteiger partial charge on any atom is -0.366 e. The second-order valence-corrected chi connectivity index (χ2v) is 7.11. The van der Waals surface area contributed by atoms with Crippen LogP contribution in [0.5, 0.6) is 0 Å². The zero-order valence-corrected chi connectivity index (χ0v) is 15.8. The van der Waals surface area contributed by atoms with Crippen LogP contribution in [-0.2, 0) is 4.79 Å². The summed E-state index contributed by atoms with van der Waals surface area (Å²) in [7, 11) is 0. The molecule has 2 aromatic carbocycles. The summed E-state index contributed by atoms with van der Waals surface area (Å²) in [5.41, 5.74) is 2.03. The van der Waals surface area contributed by atoms with E-state index in [1.165, 1.54) is 13.0 Å². The topological polar surface area (TPSA) is 40.6 Å². The lowest BCUT2D eigenvalue weighted by Crippen LogP contribution is -2.49. The standard InChI is InChI=1S/C22H25FN2O2/c1-16(18-6-4-3-5-7-18)14-22(27)25-12-10-24(11-13-25)21-9-8-19(17(2)26)15-20(21)23/h3-9,15-16H,10-14H2,1-2H3. The summed E-state index contributed by atoms with van der Waals surface area (Å²) in [6.07, 6.45) is 0.478. The van der Waals surface area contributed by atoms with Crippen molar-refractivity contribution in [1.82, 2.24) is 4.90 Å². The molecule has 0 radical (unpaired) electrons. The number of carbonyl (C=O) groups excluding carboxylic acids is 2. The molecule has 0 saturated carbocycles. The Balaban J connectivity index is 1.57. The van der Waals surface area contributed by atoms with Gasteiger partial charge >= 0.3 is 0 Å². The number of benzene rings is 2. The van der Waals surface area contributed by atoms with Crippen molar-refractivity contribution in [3.8, 4) is 0 Å². The van der Waals surface area contributed by atoms with E-state index < -0.39 is 0 Å². The van der Waals surface area contributed by atoms with Gasteiger partial charge < -0.3 is 9.80 Å². The molecule has 27 heavy (non-hydrogen) atoms. The molecule has 1 amide bonds. The van der Waals surface area contributed by atoms with Gasteiger partial charge in [0.05, 0.1) is 5.69 Å². The third kappa shape index (κ3) is 4.54. The van der Waals surface area contributed by atoms with E-state index in [2.05, 4.69) is 6.92 Å². The van der Waals surface area contributed by atoms with E-state index >= 15 is 0 Å². The van der Waals surface area contributed by atoms with Crippen molar-refractivity contribution in [3.63, 3.8) is 0 Å². The number of carbonyl (C=O) groups is 2. The van der Waals surface area contributed by atoms with Gasteiger partial charge in [-0.2, -0.15) is 0 Å². The van der Waals surface area contributed by atoms with Crippen LogP contribution in [0.2, 0.25) is 0 Å². The largest absolute Gasteiger partial charge is 0.366 e. The molecular weight excluding hydrogens is 343 g/mol. The quantitative estimate of drug-likeness (QED) is 0.752. The van der Waals surface area contributed by atoms with Crippen LogP contribution in [0.3, 0.4) is 0 Å². The molecule has 142 valence electrons. The molecule has 5 heteroatoms. The Labute approximate surface area is 159 Å². The number of amides is 1. The number of anilines is 1. The predicted octanol–water partition coefficient (Wildman–Crippen LogP) is 3.87. The lowest BCUT2D eigenvalue weighted by Gasteiger charge is -2.36. The van der Waals surface area contributed by atoms with Crippen LogP contribution >= 0.6 is 0 Å². The van der Waals surface area contributed by atoms with Gasteiger partial charge in [-0.05, 0) is 36.6 Å². The summed E-state index contributed by atoms with van der Waals surface area (Å²) >= 11 is 0. The summed E-state index contributed by atoms with van der Waals surface area (Å²) in [5.74, 6) is -0.227. The molecule has 4 nitrogen and oxygen atoms in total. The monoisotopic (exact) mass is 368 g/mol. The van der Waals surface area contributed by atoms with Crippen molar-refractivity contribution in [2.45, 2.75) is 26.2 Å². The van der Waals surface area contributed by atoms with Gasteiger partial charge in [0.1, 0.15) is 5.82 Å². The predicted molar refractivity (Wildman–Crippen MR) is 105 cm³/mol. The molecule has 1 fully saturated rings. The van der Waals surface area contributed by atoms with Crippen molar-refractivity contribution in [2.75, 3.05) is 31.1 Å². The minimum absolute atomic E-state index is 0.137. The van der Waals surface area contributed by atoms with E-state index in [1.807, 2.05) is 40.1 Å². The first-order chi connectivity index (χ1) is 13.0. The van der Waals surface area contributed by atoms with Gasteiger partial charge in [-0.1, -0.05) is 37.3 Å². The number of piperazine rings is 1. The second kappa shape index (κ2) is 8.33. The van der Waals surface area contributed by atoms with E-state index in [-0.39, 0.29) is 23.4 Å². The summed E-state index contributed by atoms with van der Waals surface area (Å²) in [4.78, 5) is 27.8. The molecule has 0 aliphatic carbocycles. The smallest absolute Gasteiger partial charge is 0.223 e. The molecule has 1 unspecified atom stereocenters. The number of ketones is 1. The Hall–Kier alpha value is -2.69. The third-order valence-corrected chi connectivity index (χ3v) is 5.18. The summed E-state index contributed by atoms with van der Waals surface area (Å²) in [6, 6.07) is 14.6. The third-order valence-electron chi connectivity index (χ3n) is 5.18. The molecule has 0 spiro atoms. The molecule has 0 bridgehead atoms. The summed E-state index contributed by atoms with van der Waals surface area (Å²) in [5, 5.41) is 0. The van der Waals surface area contributed by atoms with Crippen molar-refractivity contribution in [2.24, 2.45) is 0 Å². The van der Waals surface area contributed by atoms with Crippen LogP contribution in [0.1, 0.15) is 42.1 Å². The molecule has 1 atom stereocenters. The van der Waals surface area contributed by atoms with E-state index in [4.69, 9.17) is 0 Å². The number of Topliss-reactive ketones (excluding diaryl/α,β-unsaturated/α-hetero) is 1. The normalized spacial score (nSPS) is 15.5. The van der Waals surface area contributed by atoms with Crippen molar-refractivity contribution < 1.29 is 14.0 Å². The van der Waals surface area contributed by atoms with Crippen molar-refractivity contribution in [1.29, 1.82) is 0 Å². The number of hydrogen-bond donors (Lipinski definition) is 0. The maximum atomic E-state index is 14.3. The van der Waals surface area contributed by atoms with E-state index in [0.717, 1.165) is 5.56 Å². The van der Waals surface area contributed by atoms with Gasteiger partial charge in [-0.3, -0.25) is 9.59 Å². The Morgan fingerprint density at radius 3 is 2.30 bits per heavy atom. The maximum Gasteiger partial charge on any atom is 0.223 e. The SMILES string of the molecule is CC(=O)c1ccc(N2CCN(C(=O)CC(C)c3ccccc3)CC2)c(F)c1. The Kier molecular flexibility index (Phi) is 5.89. The lowest BCUT2D eigenvalue weighted by molar-refractivity contribution is -0.131. The van der Waals surface area contributed by atoms with Crippen LogP contribution in [0.25, 0.3) is 0 Å². The molecular formula is C22H25FN2O2. The molecule has 3 rings (SSSR count). The van der Waals surface area contributed by atoms with Gasteiger partial charge in [0.25, 0.3) is 0 Å². The molecule has 0 aromatic heterocycles. The molecule has 1 heterocycles. The fourth-order valence-electron chi connectivity index (χ4n) is 3.47. The number of hydrogen-bond acceptors (Lipinski definition) is 3. The lowest BCUT2D eigenvalue weighted by atomic mass is 9.97. The van der Waals surface area contributed by atoms with Crippen LogP contribution in [-0.4, -0.2) is 42.8 Å². The van der Waals surface area contributed by atoms with Gasteiger partial charge in [0, 0.05) is 38.2 Å². The van der Waals surface area contributed by atoms with Gasteiger partial charge in [-0.15, -0.1) is 0 Å². The van der Waals surface area contributed by atoms with Crippen molar-refractivity contribution >= 4 is 17.4 Å². The molecule has 1 aliphatic rings. The highest BCUT2D eigenvalue weighted by molar-refractivity contribution is 5.94. The number of rotatable bonds is 5. The highest BCUT2D eigenvalue weighted by atomic mass is 19.1. The van der Waals surface area contributed by atoms with E-state index in [0.29, 0.717) is 43.9 Å². The van der Waals surface area contributed by atoms with Crippen LogP contribution < -0.4 is 4.90 Å². The number of halogens is 1. The van der Waals surface area contributed by atoms with Crippen LogP contribution in [0.15, 0.2) is 48.5 Å². The summed E-state index contributed by atoms with van der Waals surface area (Å²) < 4.78 is 14.3. The van der Waals surface area contributed by atoms with Gasteiger partial charge in [-0.25, -0.2) is 4.39 Å². The highest BCUT2D eigenvalue weighted by Gasteiger charge is 2.24. The Morgan fingerprint density at radius 1 is 1.04 bits per heavy atom. The van der Waals surface area contributed by atoms with Crippen LogP contribution in [0.4, 0.5) is 10.1 Å². The molecule has 2 aromatic rings. The van der Waals surface area contributed by atoms with Crippen LogP contribution in [0, 0.1) is 5.82 Å². The Morgan fingerprint density at radius 2 is 1.70 bits per heavy atom. The number of nitrogens with zero attached hydrogens (tertiary/aromatic N) is 2. The fourth-order valence-corrected chi connectivity index (χ4v) is 3.47. The van der Waals surface area contributed by atoms with E-state index in [1.54, 1.807) is 12.1 Å². The second-order valence-electron chi connectivity index (χ2n) is 7.11. The zero-order chi connectivity index (χ0) is 19.4.